The van der Waals surface area contributed by atoms with Gasteiger partial charge in [0.1, 0.15) is 0 Å². The number of fused-ring (bicyclic) bond motifs is 2. The number of halogens is 1. The van der Waals surface area contributed by atoms with Gasteiger partial charge < -0.3 is 4.74 Å². The highest BCUT2D eigenvalue weighted by atomic mass is 79.9. The molecular formula is C16H26BrNO2. The van der Waals surface area contributed by atoms with E-state index in [0.717, 1.165) is 5.92 Å². The molecule has 3 fully saturated rings. The van der Waals surface area contributed by atoms with Crippen molar-refractivity contribution < 1.29 is 9.53 Å². The summed E-state index contributed by atoms with van der Waals surface area (Å²) in [6, 6.07) is 1.13. The fraction of sp³-hybridized carbons (Fsp3) is 0.938. The number of carbonyl (C=O) groups excluding carboxylic acids is 1. The lowest BCUT2D eigenvalue weighted by molar-refractivity contribution is -0.154. The average Bonchev–Trinajstić information content (AvgIpc) is 2.70. The number of piperidine rings is 1. The molecule has 1 saturated carbocycles. The van der Waals surface area contributed by atoms with Gasteiger partial charge in [-0.3, -0.25) is 9.69 Å². The number of methoxy groups -OCH3 is 1. The van der Waals surface area contributed by atoms with Crippen LogP contribution >= 0.6 is 15.9 Å². The molecular weight excluding hydrogens is 318 g/mol. The van der Waals surface area contributed by atoms with Gasteiger partial charge in [0.2, 0.25) is 0 Å². The van der Waals surface area contributed by atoms with E-state index in [9.17, 15) is 4.79 Å². The Morgan fingerprint density at radius 3 is 2.50 bits per heavy atom. The Morgan fingerprint density at radius 2 is 1.85 bits per heavy atom. The first-order chi connectivity index (χ1) is 9.61. The quantitative estimate of drug-likeness (QED) is 0.569. The van der Waals surface area contributed by atoms with Crippen LogP contribution < -0.4 is 0 Å². The van der Waals surface area contributed by atoms with Crippen molar-refractivity contribution in [3.05, 3.63) is 0 Å². The van der Waals surface area contributed by atoms with Gasteiger partial charge in [-0.1, -0.05) is 15.9 Å². The summed E-state index contributed by atoms with van der Waals surface area (Å²) in [7, 11) is 3.75. The number of alkyl halides is 1. The van der Waals surface area contributed by atoms with Gasteiger partial charge in [0.15, 0.2) is 0 Å². The highest BCUT2D eigenvalue weighted by molar-refractivity contribution is 9.09. The fourth-order valence-corrected chi connectivity index (χ4v) is 5.49. The minimum absolute atomic E-state index is 0.0353. The van der Waals surface area contributed by atoms with E-state index in [1.165, 1.54) is 44.9 Å². The van der Waals surface area contributed by atoms with Crippen LogP contribution in [0.1, 0.15) is 44.9 Å². The number of hydrogen-bond donors (Lipinski definition) is 0. The summed E-state index contributed by atoms with van der Waals surface area (Å²) < 4.78 is 5.16. The molecule has 0 amide bonds. The molecule has 3 nitrogen and oxygen atoms in total. The van der Waals surface area contributed by atoms with Gasteiger partial charge in [-0.25, -0.2) is 0 Å². The molecule has 3 rings (SSSR count). The largest absolute Gasteiger partial charge is 0.469 e. The molecule has 4 heteroatoms. The second-order valence-corrected chi connectivity index (χ2v) is 8.22. The van der Waals surface area contributed by atoms with Gasteiger partial charge in [-0.05, 0) is 63.8 Å². The molecule has 2 heterocycles. The molecule has 114 valence electrons. The van der Waals surface area contributed by atoms with Crippen molar-refractivity contribution >= 4 is 21.9 Å². The van der Waals surface area contributed by atoms with Crippen molar-refractivity contribution in [2.75, 3.05) is 14.2 Å². The molecule has 0 radical (unpaired) electrons. The van der Waals surface area contributed by atoms with Crippen molar-refractivity contribution in [3.8, 4) is 0 Å². The van der Waals surface area contributed by atoms with Crippen LogP contribution in [-0.2, 0) is 9.53 Å². The fourth-order valence-electron chi connectivity index (χ4n) is 4.96. The van der Waals surface area contributed by atoms with Crippen LogP contribution in [0.15, 0.2) is 0 Å². The Kier molecular flexibility index (Phi) is 4.42. The zero-order valence-corrected chi connectivity index (χ0v) is 14.1. The van der Waals surface area contributed by atoms with Crippen LogP contribution in [0.5, 0.6) is 0 Å². The van der Waals surface area contributed by atoms with Crippen molar-refractivity contribution in [1.29, 1.82) is 0 Å². The molecule has 4 atom stereocenters. The molecule has 0 aromatic carbocycles. The molecule has 20 heavy (non-hydrogen) atoms. The minimum Gasteiger partial charge on any atom is -0.469 e. The Labute approximate surface area is 130 Å². The number of ether oxygens (including phenoxy) is 1. The molecule has 2 bridgehead atoms. The summed E-state index contributed by atoms with van der Waals surface area (Å²) >= 11 is 3.74. The van der Waals surface area contributed by atoms with Gasteiger partial charge in [-0.15, -0.1) is 0 Å². The number of esters is 1. The van der Waals surface area contributed by atoms with Crippen LogP contribution in [0.3, 0.4) is 0 Å². The first-order valence-corrected chi connectivity index (χ1v) is 8.97. The lowest BCUT2D eigenvalue weighted by Crippen LogP contribution is -2.52. The third-order valence-electron chi connectivity index (χ3n) is 6.10. The normalized spacial score (nSPS) is 45.4. The number of nitrogens with zero attached hydrogens (tertiary/aromatic N) is 1. The smallest absolute Gasteiger partial charge is 0.310 e. The van der Waals surface area contributed by atoms with Crippen molar-refractivity contribution in [1.82, 2.24) is 4.90 Å². The Hall–Kier alpha value is -0.0900. The van der Waals surface area contributed by atoms with Crippen molar-refractivity contribution in [2.45, 2.75) is 61.9 Å². The molecule has 0 aromatic rings. The maximum atomic E-state index is 12.4. The van der Waals surface area contributed by atoms with Crippen LogP contribution in [0.25, 0.3) is 0 Å². The molecule has 0 N–H and O–H groups in total. The standard InChI is InChI=1S/C16H26BrNO2/c1-18-12-7-8-14(18)15(16(19)20-2)13(9-12)10-3-5-11(17)6-4-10/h10-15H,3-9H2,1-2H3. The van der Waals surface area contributed by atoms with E-state index in [4.69, 9.17) is 4.74 Å². The number of carbonyl (C=O) groups is 1. The van der Waals surface area contributed by atoms with Crippen LogP contribution in [-0.4, -0.2) is 41.9 Å². The minimum atomic E-state index is 0.0353. The molecule has 4 unspecified atom stereocenters. The van der Waals surface area contributed by atoms with Gasteiger partial charge in [-0.2, -0.15) is 0 Å². The molecule has 2 aliphatic heterocycles. The predicted octanol–water partition coefficient (Wildman–Crippen LogP) is 3.21. The first-order valence-electron chi connectivity index (χ1n) is 8.05. The van der Waals surface area contributed by atoms with E-state index in [-0.39, 0.29) is 11.9 Å². The van der Waals surface area contributed by atoms with Crippen molar-refractivity contribution in [3.63, 3.8) is 0 Å². The lowest BCUT2D eigenvalue weighted by Gasteiger charge is -2.45. The second-order valence-electron chi connectivity index (χ2n) is 6.92. The van der Waals surface area contributed by atoms with E-state index < -0.39 is 0 Å². The summed E-state index contributed by atoms with van der Waals surface area (Å²) in [6.07, 6.45) is 8.71. The molecule has 2 saturated heterocycles. The highest BCUT2D eigenvalue weighted by Gasteiger charge is 2.51. The maximum Gasteiger partial charge on any atom is 0.310 e. The third kappa shape index (κ3) is 2.54. The highest BCUT2D eigenvalue weighted by Crippen LogP contribution is 2.48. The zero-order valence-electron chi connectivity index (χ0n) is 12.6. The second kappa shape index (κ2) is 5.96. The van der Waals surface area contributed by atoms with Crippen LogP contribution in [0, 0.1) is 17.8 Å². The molecule has 1 aliphatic carbocycles. The van der Waals surface area contributed by atoms with Gasteiger partial charge in [0.25, 0.3) is 0 Å². The Bertz CT molecular complexity index is 367. The van der Waals surface area contributed by atoms with Crippen LogP contribution in [0.4, 0.5) is 0 Å². The van der Waals surface area contributed by atoms with Gasteiger partial charge in [0, 0.05) is 16.9 Å². The van der Waals surface area contributed by atoms with E-state index in [1.807, 2.05) is 0 Å². The maximum absolute atomic E-state index is 12.4. The third-order valence-corrected chi connectivity index (χ3v) is 7.01. The topological polar surface area (TPSA) is 29.5 Å². The zero-order chi connectivity index (χ0) is 14.3. The predicted molar refractivity (Wildman–Crippen MR) is 82.9 cm³/mol. The summed E-state index contributed by atoms with van der Waals surface area (Å²) in [5, 5.41) is 0. The Morgan fingerprint density at radius 1 is 1.15 bits per heavy atom. The summed E-state index contributed by atoms with van der Waals surface area (Å²) in [6.45, 7) is 0. The van der Waals surface area contributed by atoms with Crippen LogP contribution in [0.2, 0.25) is 0 Å². The number of rotatable bonds is 2. The summed E-state index contributed by atoms with van der Waals surface area (Å²) in [4.78, 5) is 15.5. The molecule has 0 spiro atoms. The van der Waals surface area contributed by atoms with E-state index in [1.54, 1.807) is 7.11 Å². The molecule has 0 aromatic heterocycles. The lowest BCUT2D eigenvalue weighted by atomic mass is 9.68. The summed E-state index contributed by atoms with van der Waals surface area (Å²) in [5.41, 5.74) is 0. The molecule has 3 aliphatic rings. The van der Waals surface area contributed by atoms with E-state index >= 15 is 0 Å². The van der Waals surface area contributed by atoms with E-state index in [2.05, 4.69) is 27.9 Å². The van der Waals surface area contributed by atoms with E-state index in [0.29, 0.717) is 22.8 Å². The van der Waals surface area contributed by atoms with Gasteiger partial charge in [0.05, 0.1) is 13.0 Å². The average molecular weight is 344 g/mol. The SMILES string of the molecule is COC(=O)C1C(C2CCC(Br)CC2)CC2CCC1N2C. The summed E-state index contributed by atoms with van der Waals surface area (Å²) in [5.74, 6) is 1.43. The Balaban J connectivity index is 1.79. The number of hydrogen-bond acceptors (Lipinski definition) is 3. The monoisotopic (exact) mass is 343 g/mol. The van der Waals surface area contributed by atoms with Gasteiger partial charge >= 0.3 is 5.97 Å². The van der Waals surface area contributed by atoms with Crippen molar-refractivity contribution in [2.24, 2.45) is 17.8 Å². The first kappa shape index (κ1) is 14.8.